The molecule has 33 heavy (non-hydrogen) atoms. The number of amides is 1. The highest BCUT2D eigenvalue weighted by Crippen LogP contribution is 2.30. The first-order valence-electron chi connectivity index (χ1n) is 10.4. The van der Waals surface area contributed by atoms with Crippen LogP contribution in [0.25, 0.3) is 0 Å². The van der Waals surface area contributed by atoms with E-state index in [1.165, 1.54) is 21.3 Å². The van der Waals surface area contributed by atoms with Gasteiger partial charge < -0.3 is 16.2 Å². The Labute approximate surface area is 197 Å². The topological polar surface area (TPSA) is 146 Å². The lowest BCUT2D eigenvalue weighted by atomic mass is 10.2. The summed E-state index contributed by atoms with van der Waals surface area (Å²) in [5.74, 6) is -0.0400. The molecule has 12 heteroatoms. The highest BCUT2D eigenvalue weighted by atomic mass is 35.5. The Hall–Kier alpha value is -2.86. The van der Waals surface area contributed by atoms with Crippen LogP contribution >= 0.6 is 11.6 Å². The summed E-state index contributed by atoms with van der Waals surface area (Å²) in [4.78, 5) is 15.9. The molecule has 1 atom stereocenters. The lowest BCUT2D eigenvalue weighted by Crippen LogP contribution is -2.50. The van der Waals surface area contributed by atoms with Gasteiger partial charge in [-0.15, -0.1) is 0 Å². The Morgan fingerprint density at radius 3 is 2.39 bits per heavy atom. The van der Waals surface area contributed by atoms with Gasteiger partial charge in [-0.05, 0) is 36.4 Å². The summed E-state index contributed by atoms with van der Waals surface area (Å²) in [6.07, 6.45) is -0.779. The Bertz CT molecular complexity index is 1150. The summed E-state index contributed by atoms with van der Waals surface area (Å²) in [6, 6.07) is 11.5. The van der Waals surface area contributed by atoms with Gasteiger partial charge in [0, 0.05) is 44.0 Å². The second-order valence-corrected chi connectivity index (χ2v) is 10.2. The maximum absolute atomic E-state index is 13.0. The number of hydrogen-bond acceptors (Lipinski definition) is 7. The van der Waals surface area contributed by atoms with E-state index in [0.29, 0.717) is 37.4 Å². The van der Waals surface area contributed by atoms with Gasteiger partial charge in [0.1, 0.15) is 16.8 Å². The van der Waals surface area contributed by atoms with Crippen molar-refractivity contribution in [2.75, 3.05) is 49.9 Å². The molecule has 4 rings (SSSR count). The van der Waals surface area contributed by atoms with Gasteiger partial charge in [0.25, 0.3) is 0 Å². The zero-order valence-corrected chi connectivity index (χ0v) is 19.3. The van der Waals surface area contributed by atoms with Crippen molar-refractivity contribution in [3.63, 3.8) is 0 Å². The van der Waals surface area contributed by atoms with E-state index in [1.54, 1.807) is 30.3 Å². The number of sulfonamides is 1. The second kappa shape index (κ2) is 9.18. The smallest absolute Gasteiger partial charge is 0.414 e. The third-order valence-corrected chi connectivity index (χ3v) is 8.20. The van der Waals surface area contributed by atoms with Crippen LogP contribution in [-0.4, -0.2) is 74.9 Å². The first kappa shape index (κ1) is 23.3. The van der Waals surface area contributed by atoms with Crippen molar-refractivity contribution in [1.29, 1.82) is 5.41 Å². The fourth-order valence-corrected chi connectivity index (χ4v) is 6.07. The zero-order chi connectivity index (χ0) is 23.8. The number of rotatable bonds is 6. The van der Waals surface area contributed by atoms with Gasteiger partial charge in [0.05, 0.1) is 17.3 Å². The first-order valence-corrected chi connectivity index (χ1v) is 12.2. The molecule has 2 aliphatic heterocycles. The molecular formula is C21H25ClN6O4S. The van der Waals surface area contributed by atoms with Crippen LogP contribution in [0.5, 0.6) is 0 Å². The number of cyclic esters (lactones) is 1. The van der Waals surface area contributed by atoms with Crippen molar-refractivity contribution in [3.05, 3.63) is 53.1 Å². The van der Waals surface area contributed by atoms with Gasteiger partial charge in [0.15, 0.2) is 0 Å². The number of nitrogens with zero attached hydrogens (tertiary/aromatic N) is 3. The molecule has 2 heterocycles. The van der Waals surface area contributed by atoms with E-state index < -0.39 is 16.1 Å². The third-order valence-electron chi connectivity index (χ3n) is 5.75. The number of amidine groups is 1. The van der Waals surface area contributed by atoms with Gasteiger partial charge in [-0.1, -0.05) is 17.7 Å². The van der Waals surface area contributed by atoms with Gasteiger partial charge in [-0.2, -0.15) is 4.31 Å². The molecule has 0 spiro atoms. The van der Waals surface area contributed by atoms with Crippen molar-refractivity contribution in [3.8, 4) is 0 Å². The van der Waals surface area contributed by atoms with Crippen molar-refractivity contribution in [2.45, 2.75) is 11.0 Å². The summed E-state index contributed by atoms with van der Waals surface area (Å²) in [7, 11) is -3.81. The molecule has 1 unspecified atom stereocenters. The summed E-state index contributed by atoms with van der Waals surface area (Å²) in [6.45, 7) is 2.42. The molecule has 10 nitrogen and oxygen atoms in total. The number of carbonyl (C=O) groups excluding carboxylic acids is 1. The highest BCUT2D eigenvalue weighted by Gasteiger charge is 2.36. The Morgan fingerprint density at radius 1 is 1.12 bits per heavy atom. The van der Waals surface area contributed by atoms with E-state index in [1.807, 2.05) is 0 Å². The van der Waals surface area contributed by atoms with Crippen LogP contribution in [0.3, 0.4) is 0 Å². The fraction of sp³-hybridized carbons (Fsp3) is 0.333. The molecule has 2 saturated heterocycles. The number of nitrogen functional groups attached to an aromatic ring is 2. The number of nitrogens with two attached hydrogens (primary N) is 2. The molecule has 2 aromatic rings. The summed E-state index contributed by atoms with van der Waals surface area (Å²) >= 11 is 6.11. The third kappa shape index (κ3) is 4.76. The molecule has 2 aromatic carbocycles. The maximum atomic E-state index is 13.0. The lowest BCUT2D eigenvalue weighted by molar-refractivity contribution is 0.0937. The number of benzene rings is 2. The molecule has 0 radical (unpaired) electrons. The van der Waals surface area contributed by atoms with E-state index in [9.17, 15) is 13.2 Å². The van der Waals surface area contributed by atoms with Gasteiger partial charge in [0.2, 0.25) is 10.0 Å². The minimum atomic E-state index is -3.81. The SMILES string of the molecule is N=C(N)c1ccc(N2CC(CN3CCN(S(=O)(=O)c4c(N)cccc4Cl)CC3)OC2=O)cc1. The summed E-state index contributed by atoms with van der Waals surface area (Å²) in [5, 5.41) is 7.57. The van der Waals surface area contributed by atoms with Crippen LogP contribution in [-0.2, 0) is 14.8 Å². The van der Waals surface area contributed by atoms with Crippen molar-refractivity contribution < 1.29 is 17.9 Å². The zero-order valence-electron chi connectivity index (χ0n) is 17.8. The van der Waals surface area contributed by atoms with Gasteiger partial charge in [-0.3, -0.25) is 15.2 Å². The summed E-state index contributed by atoms with van der Waals surface area (Å²) in [5.41, 5.74) is 12.7. The van der Waals surface area contributed by atoms with Crippen LogP contribution in [0.1, 0.15) is 5.56 Å². The molecule has 1 amide bonds. The Kier molecular flexibility index (Phi) is 6.48. The van der Waals surface area contributed by atoms with Crippen LogP contribution in [0.4, 0.5) is 16.2 Å². The first-order chi connectivity index (χ1) is 15.7. The van der Waals surface area contributed by atoms with E-state index in [4.69, 9.17) is 33.2 Å². The highest BCUT2D eigenvalue weighted by molar-refractivity contribution is 7.89. The Morgan fingerprint density at radius 2 is 1.79 bits per heavy atom. The number of hydrogen-bond donors (Lipinski definition) is 3. The average molecular weight is 493 g/mol. The normalized spacial score (nSPS) is 20.1. The van der Waals surface area contributed by atoms with E-state index in [-0.39, 0.29) is 40.6 Å². The minimum absolute atomic E-state index is 0.0400. The monoisotopic (exact) mass is 492 g/mol. The van der Waals surface area contributed by atoms with Crippen molar-refractivity contribution in [2.24, 2.45) is 5.73 Å². The number of carbonyl (C=O) groups is 1. The molecule has 2 fully saturated rings. The molecule has 0 saturated carbocycles. The Balaban J connectivity index is 1.35. The number of ether oxygens (including phenoxy) is 1. The van der Waals surface area contributed by atoms with E-state index >= 15 is 0 Å². The molecule has 0 aliphatic carbocycles. The molecular weight excluding hydrogens is 468 g/mol. The lowest BCUT2D eigenvalue weighted by Gasteiger charge is -2.35. The van der Waals surface area contributed by atoms with Crippen molar-refractivity contribution in [1.82, 2.24) is 9.21 Å². The van der Waals surface area contributed by atoms with Gasteiger partial charge in [-0.25, -0.2) is 13.2 Å². The van der Waals surface area contributed by atoms with Crippen LogP contribution in [0.15, 0.2) is 47.4 Å². The molecule has 0 bridgehead atoms. The fourth-order valence-electron chi connectivity index (χ4n) is 4.02. The van der Waals surface area contributed by atoms with Gasteiger partial charge >= 0.3 is 6.09 Å². The van der Waals surface area contributed by atoms with Crippen LogP contribution in [0.2, 0.25) is 5.02 Å². The molecule has 176 valence electrons. The standard InChI is InChI=1S/C21H25ClN6O4S/c22-17-2-1-3-18(23)19(17)33(30,31)27-10-8-26(9-11-27)12-16-13-28(21(29)32-16)15-6-4-14(5-7-15)20(24)25/h1-7,16H,8-13,23H2,(H3,24,25). The molecule has 5 N–H and O–H groups in total. The molecule has 0 aromatic heterocycles. The number of halogens is 1. The predicted octanol–water partition coefficient (Wildman–Crippen LogP) is 1.54. The number of nitrogens with one attached hydrogen (secondary N) is 1. The second-order valence-electron chi connectivity index (χ2n) is 7.94. The largest absolute Gasteiger partial charge is 0.443 e. The maximum Gasteiger partial charge on any atom is 0.414 e. The summed E-state index contributed by atoms with van der Waals surface area (Å²) < 4.78 is 33.0. The van der Waals surface area contributed by atoms with E-state index in [2.05, 4.69) is 4.90 Å². The predicted molar refractivity (Wildman–Crippen MR) is 126 cm³/mol. The van der Waals surface area contributed by atoms with Crippen LogP contribution in [0, 0.1) is 5.41 Å². The minimum Gasteiger partial charge on any atom is -0.443 e. The van der Waals surface area contributed by atoms with E-state index in [0.717, 1.165) is 0 Å². The number of anilines is 2. The van der Waals surface area contributed by atoms with Crippen LogP contribution < -0.4 is 16.4 Å². The quantitative estimate of drug-likeness (QED) is 0.315. The molecule has 2 aliphatic rings. The average Bonchev–Trinajstić information content (AvgIpc) is 3.13. The van der Waals surface area contributed by atoms with Crippen molar-refractivity contribution >= 4 is 44.9 Å². The number of piperazine rings is 1.